The Bertz CT molecular complexity index is 707. The zero-order valence-electron chi connectivity index (χ0n) is 15.9. The Balaban J connectivity index is 2.06. The summed E-state index contributed by atoms with van der Waals surface area (Å²) in [6.07, 6.45) is 0.431. The maximum absolute atomic E-state index is 13.0. The molecule has 0 heterocycles. The molecule has 2 rings (SSSR count). The van der Waals surface area contributed by atoms with Crippen LogP contribution in [0.25, 0.3) is 0 Å². The summed E-state index contributed by atoms with van der Waals surface area (Å²) in [6.45, 7) is 1.23. The summed E-state index contributed by atoms with van der Waals surface area (Å²) in [5.74, 6) is -0.378. The Hall–Kier alpha value is -2.70. The molecule has 2 amide bonds. The Labute approximate surface area is 160 Å². The van der Waals surface area contributed by atoms with Gasteiger partial charge in [0, 0.05) is 32.8 Å². The topological polar surface area (TPSA) is 70.7 Å². The van der Waals surface area contributed by atoms with Crippen molar-refractivity contribution in [1.29, 1.82) is 0 Å². The molecular formula is C21H27N3O3. The first-order chi connectivity index (χ1) is 13.1. The summed E-state index contributed by atoms with van der Waals surface area (Å²) >= 11 is 0. The van der Waals surface area contributed by atoms with Gasteiger partial charge >= 0.3 is 0 Å². The van der Waals surface area contributed by atoms with Gasteiger partial charge in [-0.3, -0.25) is 9.59 Å². The lowest BCUT2D eigenvalue weighted by Gasteiger charge is -2.25. The number of ether oxygens (including phenoxy) is 1. The number of benzene rings is 2. The average Bonchev–Trinajstić information content (AvgIpc) is 2.71. The largest absolute Gasteiger partial charge is 0.383 e. The number of rotatable bonds is 10. The van der Waals surface area contributed by atoms with Crippen LogP contribution in [-0.4, -0.2) is 51.7 Å². The monoisotopic (exact) mass is 369 g/mol. The van der Waals surface area contributed by atoms with Crippen molar-refractivity contribution in [2.24, 2.45) is 0 Å². The van der Waals surface area contributed by atoms with Crippen molar-refractivity contribution in [1.82, 2.24) is 10.6 Å². The van der Waals surface area contributed by atoms with Crippen LogP contribution < -0.4 is 15.5 Å². The van der Waals surface area contributed by atoms with E-state index in [1.165, 1.54) is 0 Å². The third-order valence-corrected chi connectivity index (χ3v) is 4.16. The number of para-hydroxylation sites is 1. The molecule has 0 aliphatic carbocycles. The molecular weight excluding hydrogens is 342 g/mol. The molecule has 0 saturated carbocycles. The molecule has 0 bridgehead atoms. The standard InChI is InChI=1S/C21H27N3O3/c1-24(18-11-7-4-8-12-18)21(26)19(15-17-9-5-3-6-10-17)23-20(25)16-22-13-14-27-2/h3-12,19,22H,13-16H2,1-2H3,(H,23,25)/t19-/m0/s1. The van der Waals surface area contributed by atoms with E-state index in [1.54, 1.807) is 19.1 Å². The van der Waals surface area contributed by atoms with E-state index in [4.69, 9.17) is 4.74 Å². The van der Waals surface area contributed by atoms with Crippen molar-refractivity contribution >= 4 is 17.5 Å². The van der Waals surface area contributed by atoms with E-state index in [-0.39, 0.29) is 18.4 Å². The van der Waals surface area contributed by atoms with Crippen molar-refractivity contribution in [3.8, 4) is 0 Å². The summed E-state index contributed by atoms with van der Waals surface area (Å²) in [6, 6.07) is 18.4. The first kappa shape index (κ1) is 20.6. The van der Waals surface area contributed by atoms with Crippen LogP contribution in [0.5, 0.6) is 0 Å². The predicted molar refractivity (Wildman–Crippen MR) is 107 cm³/mol. The van der Waals surface area contributed by atoms with Gasteiger partial charge < -0.3 is 20.3 Å². The normalized spacial score (nSPS) is 11.6. The molecule has 1 atom stereocenters. The lowest BCUT2D eigenvalue weighted by Crippen LogP contribution is -2.50. The Morgan fingerprint density at radius 2 is 1.67 bits per heavy atom. The Morgan fingerprint density at radius 3 is 2.30 bits per heavy atom. The minimum absolute atomic E-state index is 0.136. The zero-order valence-corrected chi connectivity index (χ0v) is 15.9. The highest BCUT2D eigenvalue weighted by molar-refractivity contribution is 5.99. The van der Waals surface area contributed by atoms with Gasteiger partial charge in [0.2, 0.25) is 11.8 Å². The lowest BCUT2D eigenvalue weighted by molar-refractivity contribution is -0.127. The molecule has 2 aromatic rings. The van der Waals surface area contributed by atoms with Gasteiger partial charge in [-0.25, -0.2) is 0 Å². The van der Waals surface area contributed by atoms with Crippen LogP contribution in [0, 0.1) is 0 Å². The van der Waals surface area contributed by atoms with Crippen LogP contribution in [0.15, 0.2) is 60.7 Å². The van der Waals surface area contributed by atoms with Crippen molar-refractivity contribution < 1.29 is 14.3 Å². The number of carbonyl (C=O) groups is 2. The van der Waals surface area contributed by atoms with Gasteiger partial charge in [-0.2, -0.15) is 0 Å². The molecule has 6 nitrogen and oxygen atoms in total. The summed E-state index contributed by atoms with van der Waals surface area (Å²) < 4.78 is 4.95. The smallest absolute Gasteiger partial charge is 0.249 e. The molecule has 0 fully saturated rings. The second-order valence-electron chi connectivity index (χ2n) is 6.21. The molecule has 0 aromatic heterocycles. The van der Waals surface area contributed by atoms with Gasteiger partial charge in [0.15, 0.2) is 0 Å². The number of likely N-dealkylation sites (N-methyl/N-ethyl adjacent to an activating group) is 1. The van der Waals surface area contributed by atoms with E-state index >= 15 is 0 Å². The SMILES string of the molecule is COCCNCC(=O)N[C@@H](Cc1ccccc1)C(=O)N(C)c1ccccc1. The second kappa shape index (κ2) is 11.1. The number of hydrogen-bond donors (Lipinski definition) is 2. The number of anilines is 1. The Morgan fingerprint density at radius 1 is 1.04 bits per heavy atom. The molecule has 2 aromatic carbocycles. The fourth-order valence-electron chi connectivity index (χ4n) is 2.68. The molecule has 0 saturated heterocycles. The minimum atomic E-state index is -0.644. The Kier molecular flexibility index (Phi) is 8.48. The first-order valence-corrected chi connectivity index (χ1v) is 8.97. The molecule has 0 radical (unpaired) electrons. The van der Waals surface area contributed by atoms with Gasteiger partial charge in [-0.05, 0) is 17.7 Å². The number of nitrogens with zero attached hydrogens (tertiary/aromatic N) is 1. The highest BCUT2D eigenvalue weighted by Crippen LogP contribution is 2.14. The van der Waals surface area contributed by atoms with Crippen molar-refractivity contribution in [3.63, 3.8) is 0 Å². The molecule has 27 heavy (non-hydrogen) atoms. The van der Waals surface area contributed by atoms with E-state index in [0.717, 1.165) is 11.3 Å². The minimum Gasteiger partial charge on any atom is -0.383 e. The number of hydrogen-bond acceptors (Lipinski definition) is 4. The van der Waals surface area contributed by atoms with E-state index in [0.29, 0.717) is 19.6 Å². The molecule has 2 N–H and O–H groups in total. The maximum Gasteiger partial charge on any atom is 0.249 e. The molecule has 144 valence electrons. The average molecular weight is 369 g/mol. The van der Waals surface area contributed by atoms with Gasteiger partial charge in [-0.1, -0.05) is 48.5 Å². The third kappa shape index (κ3) is 6.84. The van der Waals surface area contributed by atoms with Crippen LogP contribution >= 0.6 is 0 Å². The number of amides is 2. The fraction of sp³-hybridized carbons (Fsp3) is 0.333. The van der Waals surface area contributed by atoms with Crippen LogP contribution in [0.4, 0.5) is 5.69 Å². The number of carbonyl (C=O) groups excluding carboxylic acids is 2. The summed E-state index contributed by atoms with van der Waals surface area (Å²) in [4.78, 5) is 26.9. The van der Waals surface area contributed by atoms with Crippen LogP contribution in [0.3, 0.4) is 0 Å². The highest BCUT2D eigenvalue weighted by atomic mass is 16.5. The second-order valence-corrected chi connectivity index (χ2v) is 6.21. The van der Waals surface area contributed by atoms with E-state index in [9.17, 15) is 9.59 Å². The fourth-order valence-corrected chi connectivity index (χ4v) is 2.68. The molecule has 0 unspecified atom stereocenters. The molecule has 0 aliphatic heterocycles. The van der Waals surface area contributed by atoms with Crippen LogP contribution in [-0.2, 0) is 20.7 Å². The molecule has 0 spiro atoms. The van der Waals surface area contributed by atoms with Gasteiger partial charge in [0.25, 0.3) is 0 Å². The van der Waals surface area contributed by atoms with E-state index in [2.05, 4.69) is 10.6 Å². The van der Waals surface area contributed by atoms with E-state index in [1.807, 2.05) is 60.7 Å². The summed E-state index contributed by atoms with van der Waals surface area (Å²) in [5, 5.41) is 5.85. The van der Waals surface area contributed by atoms with Crippen molar-refractivity contribution in [2.45, 2.75) is 12.5 Å². The van der Waals surface area contributed by atoms with Crippen molar-refractivity contribution in [3.05, 3.63) is 66.2 Å². The third-order valence-electron chi connectivity index (χ3n) is 4.16. The molecule has 6 heteroatoms. The van der Waals surface area contributed by atoms with Gasteiger partial charge in [0.1, 0.15) is 6.04 Å². The summed E-state index contributed by atoms with van der Waals surface area (Å²) in [7, 11) is 3.33. The van der Waals surface area contributed by atoms with Gasteiger partial charge in [-0.15, -0.1) is 0 Å². The zero-order chi connectivity index (χ0) is 19.5. The first-order valence-electron chi connectivity index (χ1n) is 8.97. The molecule has 0 aliphatic rings. The highest BCUT2D eigenvalue weighted by Gasteiger charge is 2.25. The predicted octanol–water partition coefficient (Wildman–Crippen LogP) is 1.61. The van der Waals surface area contributed by atoms with Crippen molar-refractivity contribution in [2.75, 3.05) is 38.8 Å². The van der Waals surface area contributed by atoms with Gasteiger partial charge in [0.05, 0.1) is 13.2 Å². The number of methoxy groups -OCH3 is 1. The van der Waals surface area contributed by atoms with Crippen LogP contribution in [0.2, 0.25) is 0 Å². The van der Waals surface area contributed by atoms with E-state index < -0.39 is 6.04 Å². The quantitative estimate of drug-likeness (QED) is 0.625. The number of nitrogens with one attached hydrogen (secondary N) is 2. The lowest BCUT2D eigenvalue weighted by atomic mass is 10.0. The van der Waals surface area contributed by atoms with Crippen LogP contribution in [0.1, 0.15) is 5.56 Å². The summed E-state index contributed by atoms with van der Waals surface area (Å²) in [5.41, 5.74) is 1.78. The maximum atomic E-state index is 13.0.